The van der Waals surface area contributed by atoms with Gasteiger partial charge in [-0.25, -0.2) is 4.79 Å². The van der Waals surface area contributed by atoms with Crippen LogP contribution < -0.4 is 0 Å². The second kappa shape index (κ2) is 5.25. The third-order valence-corrected chi connectivity index (χ3v) is 2.10. The first-order valence-corrected chi connectivity index (χ1v) is 4.76. The normalized spacial score (nSPS) is 18.8. The van der Waals surface area contributed by atoms with Crippen LogP contribution in [0, 0.1) is 0 Å². The molecule has 1 fully saturated rings. The predicted octanol–water partition coefficient (Wildman–Crippen LogP) is 2.67. The number of ether oxygens (including phenoxy) is 2. The Kier molecular flexibility index (Phi) is 4.22. The van der Waals surface area contributed by atoms with Crippen molar-refractivity contribution >= 4 is 17.8 Å². The Bertz CT molecular complexity index is 143. The molecular formula is C8H13ClO3. The van der Waals surface area contributed by atoms with E-state index in [0.717, 1.165) is 25.7 Å². The van der Waals surface area contributed by atoms with Crippen LogP contribution in [0.3, 0.4) is 0 Å². The quantitative estimate of drug-likeness (QED) is 0.499. The Morgan fingerprint density at radius 2 is 2.00 bits per heavy atom. The van der Waals surface area contributed by atoms with Gasteiger partial charge in [-0.15, -0.1) is 0 Å². The van der Waals surface area contributed by atoms with Gasteiger partial charge in [0.2, 0.25) is 0 Å². The molecule has 0 aromatic heterocycles. The maximum Gasteiger partial charge on any atom is 0.509 e. The molecule has 0 amide bonds. The lowest BCUT2D eigenvalue weighted by molar-refractivity contribution is 0.0197. The van der Waals surface area contributed by atoms with E-state index in [2.05, 4.69) is 4.74 Å². The average Bonchev–Trinajstić information content (AvgIpc) is 2.06. The Morgan fingerprint density at radius 3 is 2.58 bits per heavy atom. The fourth-order valence-corrected chi connectivity index (χ4v) is 1.49. The SMILES string of the molecule is O=C(OCCl)OC1CCCCC1. The van der Waals surface area contributed by atoms with Gasteiger partial charge in [-0.2, -0.15) is 0 Å². The molecule has 0 N–H and O–H groups in total. The van der Waals surface area contributed by atoms with Gasteiger partial charge in [-0.1, -0.05) is 18.0 Å². The largest absolute Gasteiger partial charge is 0.509 e. The summed E-state index contributed by atoms with van der Waals surface area (Å²) in [6.07, 6.45) is 4.84. The van der Waals surface area contributed by atoms with Crippen molar-refractivity contribution in [3.8, 4) is 0 Å². The second-order valence-corrected chi connectivity index (χ2v) is 3.10. The smallest absolute Gasteiger partial charge is 0.431 e. The van der Waals surface area contributed by atoms with Gasteiger partial charge >= 0.3 is 6.16 Å². The van der Waals surface area contributed by atoms with Crippen molar-refractivity contribution in [1.29, 1.82) is 0 Å². The molecule has 0 bridgehead atoms. The molecule has 1 aliphatic rings. The van der Waals surface area contributed by atoms with Crippen LogP contribution in [-0.4, -0.2) is 18.3 Å². The van der Waals surface area contributed by atoms with E-state index in [1.807, 2.05) is 0 Å². The highest BCUT2D eigenvalue weighted by Crippen LogP contribution is 2.20. The fourth-order valence-electron chi connectivity index (χ4n) is 1.40. The first-order valence-electron chi connectivity index (χ1n) is 4.22. The monoisotopic (exact) mass is 192 g/mol. The fraction of sp³-hybridized carbons (Fsp3) is 0.875. The summed E-state index contributed by atoms with van der Waals surface area (Å²) in [6, 6.07) is -0.133. The van der Waals surface area contributed by atoms with Gasteiger partial charge in [-0.3, -0.25) is 0 Å². The number of hydrogen-bond acceptors (Lipinski definition) is 3. The molecule has 0 aromatic carbocycles. The maximum absolute atomic E-state index is 10.8. The molecule has 0 unspecified atom stereocenters. The molecule has 4 heteroatoms. The van der Waals surface area contributed by atoms with Crippen LogP contribution in [0.25, 0.3) is 0 Å². The second-order valence-electron chi connectivity index (χ2n) is 2.88. The minimum atomic E-state index is -0.642. The summed E-state index contributed by atoms with van der Waals surface area (Å²) < 4.78 is 9.43. The number of hydrogen-bond donors (Lipinski definition) is 0. The van der Waals surface area contributed by atoms with E-state index < -0.39 is 6.16 Å². The average molecular weight is 193 g/mol. The van der Waals surface area contributed by atoms with Gasteiger partial charge in [0.05, 0.1) is 0 Å². The summed E-state index contributed by atoms with van der Waals surface area (Å²) in [5.74, 6) is 0. The van der Waals surface area contributed by atoms with Crippen LogP contribution in [0.15, 0.2) is 0 Å². The van der Waals surface area contributed by atoms with E-state index in [-0.39, 0.29) is 12.2 Å². The first-order chi connectivity index (χ1) is 5.83. The van der Waals surface area contributed by atoms with Crippen molar-refractivity contribution in [1.82, 2.24) is 0 Å². The number of rotatable bonds is 2. The van der Waals surface area contributed by atoms with Crippen LogP contribution in [0.1, 0.15) is 32.1 Å². The molecule has 0 aliphatic heterocycles. The molecule has 0 spiro atoms. The van der Waals surface area contributed by atoms with Crippen LogP contribution in [0.2, 0.25) is 0 Å². The first kappa shape index (κ1) is 9.65. The summed E-state index contributed by atoms with van der Waals surface area (Å²) in [7, 11) is 0. The minimum absolute atomic E-state index is 0.0504. The summed E-state index contributed by atoms with van der Waals surface area (Å²) in [5.41, 5.74) is 0. The summed E-state index contributed by atoms with van der Waals surface area (Å²) in [6.45, 7) is 0. The Hall–Kier alpha value is -0.440. The molecule has 0 radical (unpaired) electrons. The highest BCUT2D eigenvalue weighted by Gasteiger charge is 2.17. The molecule has 0 atom stereocenters. The van der Waals surface area contributed by atoms with Crippen molar-refractivity contribution in [3.63, 3.8) is 0 Å². The van der Waals surface area contributed by atoms with Crippen molar-refractivity contribution in [3.05, 3.63) is 0 Å². The molecular weight excluding hydrogens is 180 g/mol. The zero-order valence-corrected chi connectivity index (χ0v) is 7.68. The topological polar surface area (TPSA) is 35.5 Å². The molecule has 1 aliphatic carbocycles. The predicted molar refractivity (Wildman–Crippen MR) is 45.2 cm³/mol. The van der Waals surface area contributed by atoms with Gasteiger partial charge in [0, 0.05) is 0 Å². The lowest BCUT2D eigenvalue weighted by atomic mass is 9.98. The molecule has 3 nitrogen and oxygen atoms in total. The van der Waals surface area contributed by atoms with Gasteiger partial charge in [0.25, 0.3) is 0 Å². The van der Waals surface area contributed by atoms with Crippen LogP contribution in [0.4, 0.5) is 4.79 Å². The van der Waals surface area contributed by atoms with Crippen LogP contribution >= 0.6 is 11.6 Å². The third-order valence-electron chi connectivity index (χ3n) is 1.99. The molecule has 0 aromatic rings. The van der Waals surface area contributed by atoms with Crippen LogP contribution in [0.5, 0.6) is 0 Å². The van der Waals surface area contributed by atoms with Crippen molar-refractivity contribution in [2.75, 3.05) is 6.07 Å². The van der Waals surface area contributed by atoms with E-state index in [1.54, 1.807) is 0 Å². The van der Waals surface area contributed by atoms with Crippen LogP contribution in [-0.2, 0) is 9.47 Å². The van der Waals surface area contributed by atoms with Gasteiger partial charge < -0.3 is 9.47 Å². The highest BCUT2D eigenvalue weighted by atomic mass is 35.5. The van der Waals surface area contributed by atoms with Crippen molar-refractivity contribution < 1.29 is 14.3 Å². The number of alkyl halides is 1. The molecule has 12 heavy (non-hydrogen) atoms. The van der Waals surface area contributed by atoms with Gasteiger partial charge in [-0.05, 0) is 25.7 Å². The Balaban J connectivity index is 2.15. The van der Waals surface area contributed by atoms with E-state index in [0.29, 0.717) is 0 Å². The van der Waals surface area contributed by atoms with E-state index in [9.17, 15) is 4.79 Å². The van der Waals surface area contributed by atoms with Gasteiger partial charge in [0.1, 0.15) is 6.10 Å². The zero-order valence-electron chi connectivity index (χ0n) is 6.92. The van der Waals surface area contributed by atoms with E-state index in [4.69, 9.17) is 16.3 Å². The molecule has 1 saturated carbocycles. The lowest BCUT2D eigenvalue weighted by Gasteiger charge is -2.20. The maximum atomic E-state index is 10.8. The van der Waals surface area contributed by atoms with E-state index >= 15 is 0 Å². The van der Waals surface area contributed by atoms with E-state index in [1.165, 1.54) is 6.42 Å². The van der Waals surface area contributed by atoms with Crippen molar-refractivity contribution in [2.45, 2.75) is 38.2 Å². The molecule has 1 rings (SSSR count). The number of carbonyl (C=O) groups excluding carboxylic acids is 1. The summed E-state index contributed by atoms with van der Waals surface area (Å²) >= 11 is 5.19. The third kappa shape index (κ3) is 3.30. The highest BCUT2D eigenvalue weighted by molar-refractivity contribution is 6.17. The minimum Gasteiger partial charge on any atom is -0.431 e. The summed E-state index contributed by atoms with van der Waals surface area (Å²) in [5, 5.41) is 0. The Morgan fingerprint density at radius 1 is 1.33 bits per heavy atom. The molecule has 0 saturated heterocycles. The Labute approximate surface area is 77.0 Å². The standard InChI is InChI=1S/C8H13ClO3/c9-6-11-8(10)12-7-4-2-1-3-5-7/h7H,1-6H2. The number of halogens is 1. The van der Waals surface area contributed by atoms with Crippen molar-refractivity contribution in [2.24, 2.45) is 0 Å². The lowest BCUT2D eigenvalue weighted by Crippen LogP contribution is -2.21. The molecule has 0 heterocycles. The number of carbonyl (C=O) groups is 1. The summed E-state index contributed by atoms with van der Waals surface area (Å²) in [4.78, 5) is 10.8. The molecule has 70 valence electrons. The van der Waals surface area contributed by atoms with Gasteiger partial charge in [0.15, 0.2) is 6.07 Å². The zero-order chi connectivity index (χ0) is 8.81.